The van der Waals surface area contributed by atoms with Crippen molar-refractivity contribution in [3.63, 3.8) is 0 Å². The summed E-state index contributed by atoms with van der Waals surface area (Å²) in [6.45, 7) is 0. The number of Topliss-reactive ketones (excluding diaryl/α,β-unsaturated/α-hetero) is 1. The van der Waals surface area contributed by atoms with E-state index in [1.54, 1.807) is 12.1 Å². The van der Waals surface area contributed by atoms with Crippen molar-refractivity contribution in [2.75, 3.05) is 0 Å². The van der Waals surface area contributed by atoms with Gasteiger partial charge in [0.2, 0.25) is 0 Å². The molecule has 1 aliphatic carbocycles. The molecule has 0 amide bonds. The predicted octanol–water partition coefficient (Wildman–Crippen LogP) is 3.87. The Morgan fingerprint density at radius 1 is 1.50 bits per heavy atom. The molecule has 0 aliphatic heterocycles. The molecule has 2 rings (SSSR count). The van der Waals surface area contributed by atoms with Crippen LogP contribution in [0.2, 0.25) is 0 Å². The minimum absolute atomic E-state index is 0.141. The SMILES string of the molecule is O=C(C(Br)Cc1ccc(F)c(Br)c1)C1CC1. The van der Waals surface area contributed by atoms with E-state index in [4.69, 9.17) is 0 Å². The van der Waals surface area contributed by atoms with Crippen LogP contribution in [0.1, 0.15) is 18.4 Å². The highest BCUT2D eigenvalue weighted by molar-refractivity contribution is 9.10. The molecule has 1 fully saturated rings. The number of ketones is 1. The third kappa shape index (κ3) is 2.92. The van der Waals surface area contributed by atoms with Crippen molar-refractivity contribution in [3.05, 3.63) is 34.1 Å². The average Bonchev–Trinajstić information content (AvgIpc) is 3.06. The maximum atomic E-state index is 13.0. The summed E-state index contributed by atoms with van der Waals surface area (Å²) < 4.78 is 13.5. The highest BCUT2D eigenvalue weighted by Crippen LogP contribution is 2.33. The van der Waals surface area contributed by atoms with E-state index in [9.17, 15) is 9.18 Å². The minimum atomic E-state index is -0.275. The fraction of sp³-hybridized carbons (Fsp3) is 0.417. The number of benzene rings is 1. The molecule has 16 heavy (non-hydrogen) atoms. The number of carbonyl (C=O) groups excluding carboxylic acids is 1. The number of halogens is 3. The molecule has 1 unspecified atom stereocenters. The maximum absolute atomic E-state index is 13.0. The van der Waals surface area contributed by atoms with Crippen molar-refractivity contribution in [2.24, 2.45) is 5.92 Å². The Hall–Kier alpha value is -0.220. The molecule has 0 heterocycles. The fourth-order valence-electron chi connectivity index (χ4n) is 1.60. The van der Waals surface area contributed by atoms with Gasteiger partial charge >= 0.3 is 0 Å². The first-order chi connectivity index (χ1) is 7.58. The van der Waals surface area contributed by atoms with E-state index in [-0.39, 0.29) is 22.3 Å². The van der Waals surface area contributed by atoms with Crippen LogP contribution >= 0.6 is 31.9 Å². The Labute approximate surface area is 111 Å². The second kappa shape index (κ2) is 4.96. The van der Waals surface area contributed by atoms with Gasteiger partial charge in [-0.1, -0.05) is 22.0 Å². The first-order valence-electron chi connectivity index (χ1n) is 5.19. The van der Waals surface area contributed by atoms with Gasteiger partial charge in [0.05, 0.1) is 9.30 Å². The zero-order chi connectivity index (χ0) is 11.7. The Kier molecular flexibility index (Phi) is 3.80. The molecule has 1 nitrogen and oxygen atoms in total. The Morgan fingerprint density at radius 3 is 2.75 bits per heavy atom. The lowest BCUT2D eigenvalue weighted by molar-refractivity contribution is -0.119. The molecule has 86 valence electrons. The zero-order valence-electron chi connectivity index (χ0n) is 8.55. The summed E-state index contributed by atoms with van der Waals surface area (Å²) in [7, 11) is 0. The van der Waals surface area contributed by atoms with Gasteiger partial charge in [-0.2, -0.15) is 0 Å². The number of hydrogen-bond acceptors (Lipinski definition) is 1. The van der Waals surface area contributed by atoms with Crippen molar-refractivity contribution in [1.82, 2.24) is 0 Å². The van der Waals surface area contributed by atoms with Crippen molar-refractivity contribution in [1.29, 1.82) is 0 Å². The van der Waals surface area contributed by atoms with Crippen molar-refractivity contribution >= 4 is 37.6 Å². The van der Waals surface area contributed by atoms with Crippen LogP contribution in [-0.4, -0.2) is 10.6 Å². The first kappa shape index (κ1) is 12.2. The zero-order valence-corrected chi connectivity index (χ0v) is 11.7. The Bertz CT molecular complexity index is 415. The highest BCUT2D eigenvalue weighted by atomic mass is 79.9. The van der Waals surface area contributed by atoms with Gasteiger partial charge in [0.25, 0.3) is 0 Å². The smallest absolute Gasteiger partial charge is 0.149 e. The van der Waals surface area contributed by atoms with Gasteiger partial charge < -0.3 is 0 Å². The van der Waals surface area contributed by atoms with E-state index in [2.05, 4.69) is 31.9 Å². The van der Waals surface area contributed by atoms with E-state index < -0.39 is 0 Å². The van der Waals surface area contributed by atoms with Crippen LogP contribution < -0.4 is 0 Å². The van der Waals surface area contributed by atoms with Crippen LogP contribution in [-0.2, 0) is 11.2 Å². The average molecular weight is 350 g/mol. The topological polar surface area (TPSA) is 17.1 Å². The molecule has 0 bridgehead atoms. The normalized spacial score (nSPS) is 17.2. The van der Waals surface area contributed by atoms with Crippen LogP contribution in [0.15, 0.2) is 22.7 Å². The van der Waals surface area contributed by atoms with Crippen LogP contribution in [0.4, 0.5) is 4.39 Å². The molecule has 1 saturated carbocycles. The van der Waals surface area contributed by atoms with Gasteiger partial charge in [0, 0.05) is 5.92 Å². The van der Waals surface area contributed by atoms with Gasteiger partial charge in [0.15, 0.2) is 0 Å². The summed E-state index contributed by atoms with van der Waals surface area (Å²) in [5, 5.41) is 0. The van der Waals surface area contributed by atoms with Crippen LogP contribution in [0.25, 0.3) is 0 Å². The van der Waals surface area contributed by atoms with E-state index in [1.165, 1.54) is 6.07 Å². The van der Waals surface area contributed by atoms with Crippen molar-refractivity contribution in [2.45, 2.75) is 24.1 Å². The highest BCUT2D eigenvalue weighted by Gasteiger charge is 2.33. The monoisotopic (exact) mass is 348 g/mol. The summed E-state index contributed by atoms with van der Waals surface area (Å²) in [5.74, 6) is 0.261. The van der Waals surface area contributed by atoms with Crippen LogP contribution in [0.5, 0.6) is 0 Å². The number of hydrogen-bond donors (Lipinski definition) is 0. The summed E-state index contributed by atoms with van der Waals surface area (Å²) in [6, 6.07) is 4.86. The Morgan fingerprint density at radius 2 is 2.19 bits per heavy atom. The molecule has 1 aromatic rings. The molecular weight excluding hydrogens is 339 g/mol. The van der Waals surface area contributed by atoms with Crippen LogP contribution in [0, 0.1) is 11.7 Å². The molecular formula is C12H11Br2FO. The van der Waals surface area contributed by atoms with Gasteiger partial charge in [-0.3, -0.25) is 4.79 Å². The standard InChI is InChI=1S/C12H11Br2FO/c13-9-5-7(1-4-11(9)15)6-10(14)12(16)8-2-3-8/h1,4-5,8,10H,2-3,6H2. The van der Waals surface area contributed by atoms with Gasteiger partial charge in [-0.15, -0.1) is 0 Å². The number of carbonyl (C=O) groups is 1. The lowest BCUT2D eigenvalue weighted by Gasteiger charge is -2.08. The lowest BCUT2D eigenvalue weighted by atomic mass is 10.1. The third-order valence-electron chi connectivity index (χ3n) is 2.69. The molecule has 0 N–H and O–H groups in total. The summed E-state index contributed by atoms with van der Waals surface area (Å²) >= 11 is 6.54. The predicted molar refractivity (Wildman–Crippen MR) is 68.3 cm³/mol. The van der Waals surface area contributed by atoms with Crippen molar-refractivity contribution in [3.8, 4) is 0 Å². The minimum Gasteiger partial charge on any atom is -0.298 e. The second-order valence-electron chi connectivity index (χ2n) is 4.10. The maximum Gasteiger partial charge on any atom is 0.149 e. The van der Waals surface area contributed by atoms with Crippen molar-refractivity contribution < 1.29 is 9.18 Å². The van der Waals surface area contributed by atoms with Gasteiger partial charge in [-0.25, -0.2) is 4.39 Å². The van der Waals surface area contributed by atoms with Gasteiger partial charge in [0.1, 0.15) is 11.6 Å². The number of rotatable bonds is 4. The molecule has 0 radical (unpaired) electrons. The second-order valence-corrected chi connectivity index (χ2v) is 6.06. The first-order valence-corrected chi connectivity index (χ1v) is 6.90. The molecule has 0 spiro atoms. The lowest BCUT2D eigenvalue weighted by Crippen LogP contribution is -2.18. The quantitative estimate of drug-likeness (QED) is 0.754. The summed E-state index contributed by atoms with van der Waals surface area (Å²) in [4.78, 5) is 11.6. The Balaban J connectivity index is 2.02. The van der Waals surface area contributed by atoms with Gasteiger partial charge in [-0.05, 0) is 52.9 Å². The molecule has 0 saturated heterocycles. The van der Waals surface area contributed by atoms with E-state index in [1.807, 2.05) is 0 Å². The molecule has 4 heteroatoms. The molecule has 1 aliphatic rings. The summed E-state index contributed by atoms with van der Waals surface area (Å²) in [6.07, 6.45) is 2.66. The number of alkyl halides is 1. The summed E-state index contributed by atoms with van der Waals surface area (Å²) in [5.41, 5.74) is 0.962. The van der Waals surface area contributed by atoms with E-state index in [0.717, 1.165) is 18.4 Å². The largest absolute Gasteiger partial charge is 0.298 e. The van der Waals surface area contributed by atoms with Crippen LogP contribution in [0.3, 0.4) is 0 Å². The molecule has 0 aromatic heterocycles. The van der Waals surface area contributed by atoms with E-state index in [0.29, 0.717) is 10.9 Å². The van der Waals surface area contributed by atoms with E-state index >= 15 is 0 Å². The third-order valence-corrected chi connectivity index (χ3v) is 4.07. The molecule has 1 aromatic carbocycles. The fourth-order valence-corrected chi connectivity index (χ4v) is 2.77. The molecule has 1 atom stereocenters.